The maximum atomic E-state index is 9.31. The minimum Gasteiger partial charge on any atom is -0.396 e. The Morgan fingerprint density at radius 2 is 1.77 bits per heavy atom. The molecular formula is C25H36N4O. The fourth-order valence-corrected chi connectivity index (χ4v) is 3.85. The summed E-state index contributed by atoms with van der Waals surface area (Å²) in [7, 11) is 0. The predicted octanol–water partition coefficient (Wildman–Crippen LogP) is 3.75. The van der Waals surface area contributed by atoms with Gasteiger partial charge in [-0.3, -0.25) is 0 Å². The van der Waals surface area contributed by atoms with E-state index in [1.807, 2.05) is 0 Å². The number of rotatable bonds is 8. The van der Waals surface area contributed by atoms with E-state index in [-0.39, 0.29) is 0 Å². The molecule has 1 saturated heterocycles. The summed E-state index contributed by atoms with van der Waals surface area (Å²) in [4.78, 5) is 7.18. The second-order valence-electron chi connectivity index (χ2n) is 8.17. The van der Waals surface area contributed by atoms with Crippen molar-refractivity contribution in [3.63, 3.8) is 0 Å². The lowest BCUT2D eigenvalue weighted by Gasteiger charge is -2.32. The number of aliphatic hydroxyl groups excluding tert-OH is 1. The van der Waals surface area contributed by atoms with Crippen molar-refractivity contribution in [2.75, 3.05) is 37.7 Å². The monoisotopic (exact) mass is 408 g/mol. The average molecular weight is 409 g/mol. The van der Waals surface area contributed by atoms with Crippen LogP contribution in [-0.2, 0) is 6.54 Å². The first-order chi connectivity index (χ1) is 14.7. The van der Waals surface area contributed by atoms with Gasteiger partial charge >= 0.3 is 0 Å². The summed E-state index contributed by atoms with van der Waals surface area (Å²) in [5, 5.41) is 16.1. The average Bonchev–Trinajstić information content (AvgIpc) is 2.81. The van der Waals surface area contributed by atoms with Gasteiger partial charge in [0.25, 0.3) is 0 Å². The number of hydrogen-bond donors (Lipinski definition) is 3. The molecule has 2 aromatic rings. The Hall–Kier alpha value is -2.53. The van der Waals surface area contributed by atoms with Crippen molar-refractivity contribution >= 4 is 11.6 Å². The topological polar surface area (TPSA) is 59.9 Å². The molecule has 0 amide bonds. The molecule has 30 heavy (non-hydrogen) atoms. The molecule has 1 heterocycles. The number of aliphatic hydroxyl groups is 1. The Kier molecular flexibility index (Phi) is 8.57. The molecule has 0 aliphatic carbocycles. The van der Waals surface area contributed by atoms with Gasteiger partial charge in [0, 0.05) is 38.5 Å². The highest BCUT2D eigenvalue weighted by molar-refractivity contribution is 5.79. The van der Waals surface area contributed by atoms with Gasteiger partial charge in [0.2, 0.25) is 0 Å². The van der Waals surface area contributed by atoms with Crippen LogP contribution >= 0.6 is 0 Å². The Morgan fingerprint density at radius 1 is 1.07 bits per heavy atom. The van der Waals surface area contributed by atoms with Crippen LogP contribution < -0.4 is 15.5 Å². The highest BCUT2D eigenvalue weighted by atomic mass is 16.3. The molecule has 1 aliphatic rings. The molecule has 1 aliphatic heterocycles. The van der Waals surface area contributed by atoms with Gasteiger partial charge in [0.05, 0.1) is 6.54 Å². The van der Waals surface area contributed by atoms with Gasteiger partial charge in [0.1, 0.15) is 0 Å². The van der Waals surface area contributed by atoms with Gasteiger partial charge in [-0.25, -0.2) is 4.99 Å². The highest BCUT2D eigenvalue weighted by Crippen LogP contribution is 2.23. The molecule has 162 valence electrons. The molecule has 2 aromatic carbocycles. The minimum absolute atomic E-state index is 0.317. The van der Waals surface area contributed by atoms with Crippen LogP contribution in [0.3, 0.4) is 0 Å². The van der Waals surface area contributed by atoms with E-state index in [9.17, 15) is 5.11 Å². The molecule has 3 N–H and O–H groups in total. The molecule has 5 heteroatoms. The SMILES string of the molecule is CCNC(=NCc1ccc(N2CCC(CO)CC2)cc1)NCC(C)c1ccccc1. The third-order valence-electron chi connectivity index (χ3n) is 5.88. The second kappa shape index (κ2) is 11.6. The fraction of sp³-hybridized carbons (Fsp3) is 0.480. The molecule has 3 rings (SSSR count). The Bertz CT molecular complexity index is 767. The standard InChI is InChI=1S/C25H36N4O/c1-3-26-25(27-17-20(2)23-7-5-4-6-8-23)28-18-21-9-11-24(12-10-21)29-15-13-22(19-30)14-16-29/h4-12,20,22,30H,3,13-19H2,1-2H3,(H2,26,27,28). The Balaban J connectivity index is 1.52. The largest absolute Gasteiger partial charge is 0.396 e. The van der Waals surface area contributed by atoms with Crippen LogP contribution in [-0.4, -0.2) is 43.9 Å². The lowest BCUT2D eigenvalue weighted by molar-refractivity contribution is 0.203. The fourth-order valence-electron chi connectivity index (χ4n) is 3.85. The van der Waals surface area contributed by atoms with E-state index in [4.69, 9.17) is 4.99 Å². The van der Waals surface area contributed by atoms with Crippen molar-refractivity contribution in [3.05, 3.63) is 65.7 Å². The van der Waals surface area contributed by atoms with Gasteiger partial charge in [-0.05, 0) is 54.9 Å². The Morgan fingerprint density at radius 3 is 2.40 bits per heavy atom. The third-order valence-corrected chi connectivity index (χ3v) is 5.88. The van der Waals surface area contributed by atoms with Gasteiger partial charge in [-0.1, -0.05) is 49.4 Å². The van der Waals surface area contributed by atoms with Gasteiger partial charge in [-0.2, -0.15) is 0 Å². The summed E-state index contributed by atoms with van der Waals surface area (Å²) < 4.78 is 0. The second-order valence-corrected chi connectivity index (χ2v) is 8.17. The number of hydrogen-bond acceptors (Lipinski definition) is 3. The van der Waals surface area contributed by atoms with E-state index in [0.29, 0.717) is 25.0 Å². The van der Waals surface area contributed by atoms with Crippen LogP contribution in [0.2, 0.25) is 0 Å². The number of piperidine rings is 1. The minimum atomic E-state index is 0.317. The highest BCUT2D eigenvalue weighted by Gasteiger charge is 2.18. The summed E-state index contributed by atoms with van der Waals surface area (Å²) in [6, 6.07) is 19.3. The maximum Gasteiger partial charge on any atom is 0.191 e. The van der Waals surface area contributed by atoms with Crippen molar-refractivity contribution in [1.29, 1.82) is 0 Å². The normalized spacial score (nSPS) is 16.4. The van der Waals surface area contributed by atoms with Crippen molar-refractivity contribution < 1.29 is 5.11 Å². The summed E-state index contributed by atoms with van der Waals surface area (Å²) in [6.45, 7) is 9.03. The molecular weight excluding hydrogens is 372 g/mol. The predicted molar refractivity (Wildman–Crippen MR) is 126 cm³/mol. The van der Waals surface area contributed by atoms with E-state index < -0.39 is 0 Å². The number of aliphatic imine (C=N–C) groups is 1. The zero-order valence-corrected chi connectivity index (χ0v) is 18.3. The number of anilines is 1. The quantitative estimate of drug-likeness (QED) is 0.460. The smallest absolute Gasteiger partial charge is 0.191 e. The summed E-state index contributed by atoms with van der Waals surface area (Å²) in [5.41, 5.74) is 3.80. The first kappa shape index (κ1) is 22.2. The summed E-state index contributed by atoms with van der Waals surface area (Å²) in [6.07, 6.45) is 2.14. The molecule has 1 atom stereocenters. The molecule has 0 aromatic heterocycles. The molecule has 0 spiro atoms. The van der Waals surface area contributed by atoms with Crippen LogP contribution in [0.1, 0.15) is 43.7 Å². The lowest BCUT2D eigenvalue weighted by atomic mass is 9.97. The first-order valence-electron chi connectivity index (χ1n) is 11.2. The first-order valence-corrected chi connectivity index (χ1v) is 11.2. The van der Waals surface area contributed by atoms with Gasteiger partial charge < -0.3 is 20.6 Å². The van der Waals surface area contributed by atoms with Crippen molar-refractivity contribution in [2.45, 2.75) is 39.2 Å². The van der Waals surface area contributed by atoms with Crippen LogP contribution in [0.25, 0.3) is 0 Å². The van der Waals surface area contributed by atoms with E-state index in [1.54, 1.807) is 0 Å². The third kappa shape index (κ3) is 6.49. The zero-order chi connectivity index (χ0) is 21.2. The van der Waals surface area contributed by atoms with Crippen LogP contribution in [0.15, 0.2) is 59.6 Å². The van der Waals surface area contributed by atoms with Gasteiger partial charge in [-0.15, -0.1) is 0 Å². The van der Waals surface area contributed by atoms with Crippen LogP contribution in [0.4, 0.5) is 5.69 Å². The molecule has 0 radical (unpaired) electrons. The number of nitrogens with zero attached hydrogens (tertiary/aromatic N) is 2. The Labute approximate surface area is 181 Å². The van der Waals surface area contributed by atoms with Crippen LogP contribution in [0.5, 0.6) is 0 Å². The molecule has 5 nitrogen and oxygen atoms in total. The van der Waals surface area contributed by atoms with E-state index in [1.165, 1.54) is 16.8 Å². The van der Waals surface area contributed by atoms with Crippen LogP contribution in [0, 0.1) is 5.92 Å². The van der Waals surface area contributed by atoms with Crippen molar-refractivity contribution in [1.82, 2.24) is 10.6 Å². The number of nitrogens with one attached hydrogen (secondary N) is 2. The zero-order valence-electron chi connectivity index (χ0n) is 18.3. The lowest BCUT2D eigenvalue weighted by Crippen LogP contribution is -2.39. The van der Waals surface area contributed by atoms with Crippen molar-refractivity contribution in [3.8, 4) is 0 Å². The summed E-state index contributed by atoms with van der Waals surface area (Å²) in [5.74, 6) is 1.75. The van der Waals surface area contributed by atoms with E-state index >= 15 is 0 Å². The number of guanidine groups is 1. The molecule has 1 unspecified atom stereocenters. The molecule has 0 bridgehead atoms. The summed E-state index contributed by atoms with van der Waals surface area (Å²) >= 11 is 0. The van der Waals surface area contributed by atoms with Crippen molar-refractivity contribution in [2.24, 2.45) is 10.9 Å². The van der Waals surface area contributed by atoms with E-state index in [2.05, 4.69) is 84.0 Å². The molecule has 1 fully saturated rings. The number of benzene rings is 2. The van der Waals surface area contributed by atoms with Gasteiger partial charge in [0.15, 0.2) is 5.96 Å². The molecule has 0 saturated carbocycles. The van der Waals surface area contributed by atoms with E-state index in [0.717, 1.165) is 45.0 Å². The maximum absolute atomic E-state index is 9.31.